The summed E-state index contributed by atoms with van der Waals surface area (Å²) in [5, 5.41) is 10.4. The van der Waals surface area contributed by atoms with Crippen molar-refractivity contribution in [3.05, 3.63) is 22.7 Å². The van der Waals surface area contributed by atoms with Gasteiger partial charge >= 0.3 is 5.69 Å². The van der Waals surface area contributed by atoms with Gasteiger partial charge in [0.15, 0.2) is 14.1 Å². The van der Waals surface area contributed by atoms with Gasteiger partial charge in [0.25, 0.3) is 0 Å². The second-order valence-electron chi connectivity index (χ2n) is 8.69. The van der Waals surface area contributed by atoms with Crippen molar-refractivity contribution in [2.24, 2.45) is 4.99 Å². The minimum Gasteiger partial charge on any atom is -0.414 e. The number of aromatic nitrogens is 2. The smallest absolute Gasteiger partial charge is 0.351 e. The van der Waals surface area contributed by atoms with Crippen LogP contribution in [0.3, 0.4) is 0 Å². The van der Waals surface area contributed by atoms with Gasteiger partial charge in [0.05, 0.1) is 19.0 Å². The second kappa shape index (κ2) is 8.22. The number of aliphatic imine (C=N–C) groups is 1. The molecule has 1 aromatic heterocycles. The molecule has 152 valence electrons. The van der Waals surface area contributed by atoms with Crippen molar-refractivity contribution in [2.45, 2.75) is 63.8 Å². The number of aliphatic hydroxyl groups excluding tert-OH is 1. The molecular weight excluding hydrogens is 364 g/mol. The Morgan fingerprint density at radius 3 is 2.70 bits per heavy atom. The fraction of sp³-hybridized carbons (Fsp3) is 0.722. The second-order valence-corrected chi connectivity index (χ2v) is 13.5. The Hall–Kier alpha value is -1.55. The molecule has 1 aliphatic heterocycles. The monoisotopic (exact) mass is 396 g/mol. The summed E-state index contributed by atoms with van der Waals surface area (Å²) in [6, 6.07) is 1.65. The minimum absolute atomic E-state index is 0.0831. The third kappa shape index (κ3) is 5.47. The molecule has 0 bridgehead atoms. The van der Waals surface area contributed by atoms with Gasteiger partial charge < -0.3 is 19.2 Å². The predicted octanol–water partition coefficient (Wildman–Crippen LogP) is 2.13. The Morgan fingerprint density at radius 1 is 1.48 bits per heavy atom. The molecule has 0 radical (unpaired) electrons. The third-order valence-corrected chi connectivity index (χ3v) is 9.67. The SMILES string of the molecule is CN(C)C=Nc1ccn([C@H]2CC(O)[C@@H](CO[Si](C)(C)C(C)(C)C)O2)c(=O)n1. The number of nitrogens with zero attached hydrogens (tertiary/aromatic N) is 4. The van der Waals surface area contributed by atoms with Crippen LogP contribution in [0, 0.1) is 0 Å². The zero-order valence-electron chi connectivity index (χ0n) is 17.3. The summed E-state index contributed by atoms with van der Waals surface area (Å²) in [4.78, 5) is 22.1. The van der Waals surface area contributed by atoms with E-state index in [1.807, 2.05) is 14.1 Å². The number of rotatable bonds is 6. The van der Waals surface area contributed by atoms with E-state index in [4.69, 9.17) is 9.16 Å². The van der Waals surface area contributed by atoms with E-state index < -0.39 is 32.4 Å². The summed E-state index contributed by atoms with van der Waals surface area (Å²) in [6.45, 7) is 11.1. The van der Waals surface area contributed by atoms with Crippen LogP contribution in [0.1, 0.15) is 33.4 Å². The molecule has 0 spiro atoms. The van der Waals surface area contributed by atoms with E-state index in [0.717, 1.165) is 0 Å². The molecular formula is C18H32N4O4Si. The molecule has 1 aromatic rings. The largest absolute Gasteiger partial charge is 0.414 e. The molecule has 0 amide bonds. The first-order valence-electron chi connectivity index (χ1n) is 9.18. The predicted molar refractivity (Wildman–Crippen MR) is 108 cm³/mol. The molecule has 2 heterocycles. The van der Waals surface area contributed by atoms with E-state index in [-0.39, 0.29) is 5.04 Å². The molecule has 0 aromatic carbocycles. The third-order valence-electron chi connectivity index (χ3n) is 5.17. The van der Waals surface area contributed by atoms with E-state index in [9.17, 15) is 9.90 Å². The molecule has 1 N–H and O–H groups in total. The first-order valence-corrected chi connectivity index (χ1v) is 12.1. The van der Waals surface area contributed by atoms with Crippen LogP contribution in [0.25, 0.3) is 0 Å². The molecule has 2 rings (SSSR count). The summed E-state index contributed by atoms with van der Waals surface area (Å²) in [7, 11) is 1.74. The first kappa shape index (κ1) is 21.7. The standard InChI is InChI=1S/C18H32N4O4Si/c1-18(2,3)27(6,7)25-11-14-13(23)10-16(26-14)22-9-8-15(20-17(22)24)19-12-21(4)5/h8-9,12-14,16,23H,10-11H2,1-7H3/t13?,14-,16-/m1/s1. The molecule has 8 nitrogen and oxygen atoms in total. The van der Waals surface area contributed by atoms with Crippen molar-refractivity contribution in [1.82, 2.24) is 14.5 Å². The molecule has 1 fully saturated rings. The molecule has 1 aliphatic rings. The summed E-state index contributed by atoms with van der Waals surface area (Å²) in [6.07, 6.45) is 1.82. The van der Waals surface area contributed by atoms with E-state index in [1.54, 1.807) is 23.5 Å². The van der Waals surface area contributed by atoms with Crippen LogP contribution in [0.2, 0.25) is 18.1 Å². The van der Waals surface area contributed by atoms with Gasteiger partial charge in [-0.25, -0.2) is 9.79 Å². The highest BCUT2D eigenvalue weighted by Crippen LogP contribution is 2.37. The van der Waals surface area contributed by atoms with Crippen LogP contribution >= 0.6 is 0 Å². The van der Waals surface area contributed by atoms with Gasteiger partial charge in [0.2, 0.25) is 0 Å². The van der Waals surface area contributed by atoms with Crippen molar-refractivity contribution in [2.75, 3.05) is 20.7 Å². The molecule has 27 heavy (non-hydrogen) atoms. The lowest BCUT2D eigenvalue weighted by molar-refractivity contribution is -0.0432. The van der Waals surface area contributed by atoms with Gasteiger partial charge in [-0.05, 0) is 24.2 Å². The van der Waals surface area contributed by atoms with Crippen LogP contribution < -0.4 is 5.69 Å². The highest BCUT2D eigenvalue weighted by molar-refractivity contribution is 6.74. The Labute approximate surface area is 162 Å². The minimum atomic E-state index is -1.93. The van der Waals surface area contributed by atoms with Gasteiger partial charge in [-0.15, -0.1) is 0 Å². The number of aliphatic hydroxyl groups is 1. The lowest BCUT2D eigenvalue weighted by Crippen LogP contribution is -2.43. The Bertz CT molecular complexity index is 727. The maximum Gasteiger partial charge on any atom is 0.351 e. The number of ether oxygens (including phenoxy) is 1. The van der Waals surface area contributed by atoms with Crippen molar-refractivity contribution >= 4 is 20.5 Å². The zero-order chi connectivity index (χ0) is 20.4. The highest BCUT2D eigenvalue weighted by atomic mass is 28.4. The highest BCUT2D eigenvalue weighted by Gasteiger charge is 2.41. The fourth-order valence-electron chi connectivity index (χ4n) is 2.41. The van der Waals surface area contributed by atoms with Gasteiger partial charge in [0.1, 0.15) is 12.3 Å². The Morgan fingerprint density at radius 2 is 2.15 bits per heavy atom. The molecule has 9 heteroatoms. The average molecular weight is 397 g/mol. The lowest BCUT2D eigenvalue weighted by atomic mass is 10.2. The maximum absolute atomic E-state index is 12.3. The summed E-state index contributed by atoms with van der Waals surface area (Å²) < 4.78 is 13.5. The Balaban J connectivity index is 2.05. The summed E-state index contributed by atoms with van der Waals surface area (Å²) in [5.74, 6) is 0.335. The van der Waals surface area contributed by atoms with E-state index in [0.29, 0.717) is 18.8 Å². The molecule has 1 saturated heterocycles. The van der Waals surface area contributed by atoms with E-state index in [1.165, 1.54) is 4.57 Å². The lowest BCUT2D eigenvalue weighted by Gasteiger charge is -2.37. The topological polar surface area (TPSA) is 89.2 Å². The van der Waals surface area contributed by atoms with Crippen molar-refractivity contribution < 1.29 is 14.3 Å². The molecule has 1 unspecified atom stereocenters. The quantitative estimate of drug-likeness (QED) is 0.450. The van der Waals surface area contributed by atoms with Gasteiger partial charge in [-0.2, -0.15) is 4.98 Å². The summed E-state index contributed by atoms with van der Waals surface area (Å²) >= 11 is 0. The zero-order valence-corrected chi connectivity index (χ0v) is 18.3. The molecule has 0 saturated carbocycles. The van der Waals surface area contributed by atoms with E-state index in [2.05, 4.69) is 43.8 Å². The van der Waals surface area contributed by atoms with Crippen LogP contribution in [-0.4, -0.2) is 67.1 Å². The Kier molecular flexibility index (Phi) is 6.62. The molecule has 3 atom stereocenters. The average Bonchev–Trinajstić information content (AvgIpc) is 2.90. The van der Waals surface area contributed by atoms with Crippen molar-refractivity contribution in [1.29, 1.82) is 0 Å². The van der Waals surface area contributed by atoms with Gasteiger partial charge in [0, 0.05) is 26.7 Å². The van der Waals surface area contributed by atoms with Crippen LogP contribution in [-0.2, 0) is 9.16 Å². The number of hydrogen-bond donors (Lipinski definition) is 1. The van der Waals surface area contributed by atoms with Crippen LogP contribution in [0.5, 0.6) is 0 Å². The van der Waals surface area contributed by atoms with Crippen LogP contribution in [0.15, 0.2) is 22.1 Å². The fourth-order valence-corrected chi connectivity index (χ4v) is 3.43. The van der Waals surface area contributed by atoms with E-state index >= 15 is 0 Å². The van der Waals surface area contributed by atoms with Crippen molar-refractivity contribution in [3.8, 4) is 0 Å². The van der Waals surface area contributed by atoms with Gasteiger partial charge in [-0.3, -0.25) is 4.57 Å². The van der Waals surface area contributed by atoms with Crippen LogP contribution in [0.4, 0.5) is 5.82 Å². The maximum atomic E-state index is 12.3. The normalized spacial score (nSPS) is 23.9. The molecule has 0 aliphatic carbocycles. The van der Waals surface area contributed by atoms with Crippen molar-refractivity contribution in [3.63, 3.8) is 0 Å². The summed E-state index contributed by atoms with van der Waals surface area (Å²) in [5.41, 5.74) is -0.452. The number of hydrogen-bond acceptors (Lipinski definition) is 6. The first-order chi connectivity index (χ1) is 12.4. The van der Waals surface area contributed by atoms with Gasteiger partial charge in [-0.1, -0.05) is 20.8 Å².